The van der Waals surface area contributed by atoms with Crippen LogP contribution in [0.2, 0.25) is 10.0 Å². The molecule has 1 N–H and O–H groups in total. The number of rotatable bonds is 14. The number of sulfonamides is 1. The minimum atomic E-state index is -4.30. The summed E-state index contributed by atoms with van der Waals surface area (Å²) in [6, 6.07) is 26.7. The van der Waals surface area contributed by atoms with E-state index in [0.717, 1.165) is 38.3 Å². The van der Waals surface area contributed by atoms with Crippen molar-refractivity contribution in [3.8, 4) is 0 Å². The van der Waals surface area contributed by atoms with Gasteiger partial charge in [0.2, 0.25) is 11.8 Å². The molecular formula is C35H36BrCl2N3O4S. The first-order chi connectivity index (χ1) is 22.0. The third kappa shape index (κ3) is 9.35. The molecule has 0 aliphatic carbocycles. The zero-order valence-corrected chi connectivity index (χ0v) is 29.5. The summed E-state index contributed by atoms with van der Waals surface area (Å²) >= 11 is 16.3. The molecule has 0 aliphatic heterocycles. The number of carbonyl (C=O) groups excluding carboxylic acids is 2. The van der Waals surface area contributed by atoms with Crippen LogP contribution in [0, 0.1) is 6.92 Å². The second kappa shape index (κ2) is 16.5. The van der Waals surface area contributed by atoms with Crippen molar-refractivity contribution in [3.63, 3.8) is 0 Å². The van der Waals surface area contributed by atoms with Gasteiger partial charge in [0.1, 0.15) is 12.6 Å². The molecular weight excluding hydrogens is 709 g/mol. The number of nitrogens with zero attached hydrogens (tertiary/aromatic N) is 2. The molecule has 2 amide bonds. The minimum Gasteiger partial charge on any atom is -0.354 e. The van der Waals surface area contributed by atoms with Gasteiger partial charge in [0.05, 0.1) is 15.6 Å². The van der Waals surface area contributed by atoms with Crippen LogP contribution in [0.5, 0.6) is 0 Å². The Morgan fingerprint density at radius 3 is 2.22 bits per heavy atom. The first kappa shape index (κ1) is 35.5. The predicted molar refractivity (Wildman–Crippen MR) is 189 cm³/mol. The molecule has 0 spiro atoms. The Bertz CT molecular complexity index is 1740. The Balaban J connectivity index is 1.81. The van der Waals surface area contributed by atoms with Crippen molar-refractivity contribution in [1.82, 2.24) is 10.2 Å². The Morgan fingerprint density at radius 2 is 1.57 bits per heavy atom. The molecule has 4 aromatic rings. The average molecular weight is 746 g/mol. The van der Waals surface area contributed by atoms with E-state index in [1.165, 1.54) is 29.2 Å². The number of benzene rings is 4. The van der Waals surface area contributed by atoms with Crippen LogP contribution >= 0.6 is 39.1 Å². The van der Waals surface area contributed by atoms with E-state index >= 15 is 0 Å². The fourth-order valence-corrected chi connectivity index (χ4v) is 7.00. The third-order valence-electron chi connectivity index (χ3n) is 7.43. The molecule has 11 heteroatoms. The van der Waals surface area contributed by atoms with Crippen LogP contribution in [0.3, 0.4) is 0 Å². The van der Waals surface area contributed by atoms with Crippen LogP contribution in [0.4, 0.5) is 5.69 Å². The van der Waals surface area contributed by atoms with Crippen LogP contribution in [0.1, 0.15) is 36.5 Å². The largest absolute Gasteiger partial charge is 0.354 e. The standard InChI is InChI=1S/C35H36BrCl2N3O4S/c1-3-4-20-39-35(43)33(21-26-8-6-5-7-9-26)40(23-27-12-14-28(36)15-13-27)34(42)24-41(32-22-29(37)16-19-31(32)38)46(44,45)30-17-10-25(2)11-18-30/h5-19,22,33H,3-4,20-21,23-24H2,1-2H3,(H,39,43)/t33-/m0/s1. The van der Waals surface area contributed by atoms with Crippen molar-refractivity contribution in [2.24, 2.45) is 0 Å². The van der Waals surface area contributed by atoms with Crippen molar-refractivity contribution in [2.75, 3.05) is 17.4 Å². The number of nitrogens with one attached hydrogen (secondary N) is 1. The molecule has 0 aliphatic rings. The Hall–Kier alpha value is -3.37. The molecule has 0 saturated carbocycles. The van der Waals surface area contributed by atoms with E-state index in [0.29, 0.717) is 6.54 Å². The van der Waals surface area contributed by atoms with Gasteiger partial charge in [-0.05, 0) is 66.9 Å². The molecule has 7 nitrogen and oxygen atoms in total. The summed E-state index contributed by atoms with van der Waals surface area (Å²) < 4.78 is 30.2. The molecule has 4 rings (SSSR count). The topological polar surface area (TPSA) is 86.8 Å². The molecule has 0 fully saturated rings. The zero-order valence-electron chi connectivity index (χ0n) is 25.6. The smallest absolute Gasteiger partial charge is 0.264 e. The predicted octanol–water partition coefficient (Wildman–Crippen LogP) is 7.82. The average Bonchev–Trinajstić information content (AvgIpc) is 3.04. The van der Waals surface area contributed by atoms with Crippen LogP contribution in [0.15, 0.2) is 106 Å². The van der Waals surface area contributed by atoms with Gasteiger partial charge >= 0.3 is 0 Å². The molecule has 0 saturated heterocycles. The van der Waals surface area contributed by atoms with Crippen LogP contribution in [0.25, 0.3) is 0 Å². The number of hydrogen-bond donors (Lipinski definition) is 1. The number of amides is 2. The third-order valence-corrected chi connectivity index (χ3v) is 10.3. The fraction of sp³-hybridized carbons (Fsp3) is 0.257. The summed E-state index contributed by atoms with van der Waals surface area (Å²) in [5.41, 5.74) is 2.55. The highest BCUT2D eigenvalue weighted by Crippen LogP contribution is 2.33. The highest BCUT2D eigenvalue weighted by Gasteiger charge is 2.35. The van der Waals surface area contributed by atoms with Gasteiger partial charge in [0.25, 0.3) is 10.0 Å². The van der Waals surface area contributed by atoms with Gasteiger partial charge in [-0.3, -0.25) is 13.9 Å². The zero-order chi connectivity index (χ0) is 33.3. The summed E-state index contributed by atoms with van der Waals surface area (Å²) in [5, 5.41) is 3.34. The maximum absolute atomic E-state index is 14.5. The van der Waals surface area contributed by atoms with Crippen LogP contribution in [-0.2, 0) is 32.6 Å². The van der Waals surface area contributed by atoms with E-state index in [-0.39, 0.29) is 39.5 Å². The number of anilines is 1. The lowest BCUT2D eigenvalue weighted by molar-refractivity contribution is -0.140. The monoisotopic (exact) mass is 743 g/mol. The summed E-state index contributed by atoms with van der Waals surface area (Å²) in [6.07, 6.45) is 1.89. The van der Waals surface area contributed by atoms with Crippen molar-refractivity contribution in [3.05, 3.63) is 128 Å². The molecule has 0 aromatic heterocycles. The first-order valence-corrected chi connectivity index (χ1v) is 17.9. The van der Waals surface area contributed by atoms with Crippen LogP contribution in [-0.4, -0.2) is 44.3 Å². The maximum Gasteiger partial charge on any atom is 0.264 e. The van der Waals surface area contributed by atoms with Crippen molar-refractivity contribution < 1.29 is 18.0 Å². The number of aryl methyl sites for hydroxylation is 1. The lowest BCUT2D eigenvalue weighted by Gasteiger charge is -2.34. The first-order valence-electron chi connectivity index (χ1n) is 14.9. The van der Waals surface area contributed by atoms with Crippen molar-refractivity contribution >= 4 is 66.7 Å². The molecule has 242 valence electrons. The van der Waals surface area contributed by atoms with Gasteiger partial charge in [0.15, 0.2) is 0 Å². The molecule has 46 heavy (non-hydrogen) atoms. The normalized spacial score (nSPS) is 11.9. The molecule has 0 heterocycles. The minimum absolute atomic E-state index is 0.0143. The van der Waals surface area contributed by atoms with E-state index in [9.17, 15) is 18.0 Å². The highest BCUT2D eigenvalue weighted by atomic mass is 79.9. The Kier molecular flexibility index (Phi) is 12.7. The lowest BCUT2D eigenvalue weighted by Crippen LogP contribution is -2.53. The molecule has 0 unspecified atom stereocenters. The highest BCUT2D eigenvalue weighted by molar-refractivity contribution is 9.10. The van der Waals surface area contributed by atoms with E-state index in [4.69, 9.17) is 23.2 Å². The number of halogens is 3. The summed E-state index contributed by atoms with van der Waals surface area (Å²) in [6.45, 7) is 3.77. The second-order valence-corrected chi connectivity index (χ2v) is 14.5. The SMILES string of the molecule is CCCCNC(=O)[C@H](Cc1ccccc1)N(Cc1ccc(Br)cc1)C(=O)CN(c1cc(Cl)ccc1Cl)S(=O)(=O)c1ccc(C)cc1. The molecule has 0 radical (unpaired) electrons. The van der Waals surface area contributed by atoms with Gasteiger partial charge in [-0.2, -0.15) is 0 Å². The van der Waals surface area contributed by atoms with Crippen molar-refractivity contribution in [1.29, 1.82) is 0 Å². The summed E-state index contributed by atoms with van der Waals surface area (Å²) in [4.78, 5) is 29.8. The lowest BCUT2D eigenvalue weighted by atomic mass is 10.0. The number of carbonyl (C=O) groups is 2. The van der Waals surface area contributed by atoms with E-state index in [1.807, 2.05) is 68.4 Å². The fourth-order valence-electron chi connectivity index (χ4n) is 4.87. The Labute approximate surface area is 289 Å². The van der Waals surface area contributed by atoms with E-state index in [2.05, 4.69) is 21.2 Å². The van der Waals surface area contributed by atoms with Gasteiger partial charge < -0.3 is 10.2 Å². The number of hydrogen-bond acceptors (Lipinski definition) is 4. The summed E-state index contributed by atoms with van der Waals surface area (Å²) in [5.74, 6) is -0.905. The summed E-state index contributed by atoms with van der Waals surface area (Å²) in [7, 11) is -4.30. The second-order valence-electron chi connectivity index (χ2n) is 10.9. The Morgan fingerprint density at radius 1 is 0.891 bits per heavy atom. The van der Waals surface area contributed by atoms with Gasteiger partial charge in [-0.25, -0.2) is 8.42 Å². The number of unbranched alkanes of at least 4 members (excludes halogenated alkanes) is 1. The maximum atomic E-state index is 14.5. The van der Waals surface area contributed by atoms with Crippen LogP contribution < -0.4 is 9.62 Å². The van der Waals surface area contributed by atoms with E-state index in [1.54, 1.807) is 18.2 Å². The molecule has 1 atom stereocenters. The van der Waals surface area contributed by atoms with Crippen molar-refractivity contribution in [2.45, 2.75) is 50.6 Å². The van der Waals surface area contributed by atoms with Gasteiger partial charge in [0, 0.05) is 29.0 Å². The quantitative estimate of drug-likeness (QED) is 0.134. The molecule has 0 bridgehead atoms. The van der Waals surface area contributed by atoms with E-state index < -0.39 is 28.5 Å². The van der Waals surface area contributed by atoms with Gasteiger partial charge in [-0.15, -0.1) is 0 Å². The van der Waals surface area contributed by atoms with Gasteiger partial charge in [-0.1, -0.05) is 113 Å². The molecule has 4 aromatic carbocycles.